The van der Waals surface area contributed by atoms with Crippen molar-refractivity contribution in [3.63, 3.8) is 0 Å². The van der Waals surface area contributed by atoms with Crippen LogP contribution < -0.4 is 14.4 Å². The highest BCUT2D eigenvalue weighted by Crippen LogP contribution is 2.35. The number of benzene rings is 1. The number of rotatable bonds is 4. The molecule has 2 aliphatic rings. The van der Waals surface area contributed by atoms with E-state index in [9.17, 15) is 13.2 Å². The standard InChI is InChI=1S/C18H26N2O4S/c1-13-8-9-15-16(10-13)24-17(12-20(15)25(2,22)23)18(21)19-11-14-6-4-3-5-7-14/h8-10,14,17H,3-7,11-12H2,1-2H3,(H,19,21)/t17-/m1/s1. The molecule has 25 heavy (non-hydrogen) atoms. The Morgan fingerprint density at radius 2 is 2.00 bits per heavy atom. The molecular weight excluding hydrogens is 340 g/mol. The van der Waals surface area contributed by atoms with Crippen molar-refractivity contribution in [3.8, 4) is 5.75 Å². The maximum Gasteiger partial charge on any atom is 0.263 e. The minimum atomic E-state index is -3.48. The first-order chi connectivity index (χ1) is 11.8. The fourth-order valence-corrected chi connectivity index (χ4v) is 4.48. The van der Waals surface area contributed by atoms with E-state index in [-0.39, 0.29) is 12.5 Å². The summed E-state index contributed by atoms with van der Waals surface area (Å²) in [4.78, 5) is 12.6. The highest BCUT2D eigenvalue weighted by Gasteiger charge is 2.35. The quantitative estimate of drug-likeness (QED) is 0.886. The van der Waals surface area contributed by atoms with E-state index >= 15 is 0 Å². The van der Waals surface area contributed by atoms with Gasteiger partial charge in [-0.15, -0.1) is 0 Å². The number of amides is 1. The number of sulfonamides is 1. The van der Waals surface area contributed by atoms with Gasteiger partial charge in [-0.05, 0) is 43.4 Å². The maximum absolute atomic E-state index is 12.6. The Labute approximate surface area is 149 Å². The van der Waals surface area contributed by atoms with E-state index in [1.807, 2.05) is 13.0 Å². The van der Waals surface area contributed by atoms with Gasteiger partial charge in [0.15, 0.2) is 6.10 Å². The summed E-state index contributed by atoms with van der Waals surface area (Å²) in [5, 5.41) is 2.95. The smallest absolute Gasteiger partial charge is 0.263 e. The maximum atomic E-state index is 12.6. The van der Waals surface area contributed by atoms with Crippen LogP contribution >= 0.6 is 0 Å². The molecule has 1 aromatic rings. The third kappa shape index (κ3) is 4.26. The van der Waals surface area contributed by atoms with Gasteiger partial charge in [0.2, 0.25) is 10.0 Å². The first kappa shape index (κ1) is 18.0. The average molecular weight is 366 g/mol. The number of hydrogen-bond acceptors (Lipinski definition) is 4. The number of anilines is 1. The summed E-state index contributed by atoms with van der Waals surface area (Å²) in [6, 6.07) is 5.33. The summed E-state index contributed by atoms with van der Waals surface area (Å²) in [6.45, 7) is 2.55. The molecular formula is C18H26N2O4S. The molecule has 3 rings (SSSR count). The van der Waals surface area contributed by atoms with Gasteiger partial charge in [-0.3, -0.25) is 9.10 Å². The molecule has 7 heteroatoms. The zero-order valence-corrected chi connectivity index (χ0v) is 15.6. The zero-order chi connectivity index (χ0) is 18.0. The number of fused-ring (bicyclic) bond motifs is 1. The molecule has 1 fully saturated rings. The topological polar surface area (TPSA) is 75.7 Å². The van der Waals surface area contributed by atoms with Gasteiger partial charge in [0, 0.05) is 6.54 Å². The summed E-state index contributed by atoms with van der Waals surface area (Å²) in [7, 11) is -3.48. The molecule has 1 atom stereocenters. The number of carbonyl (C=O) groups is 1. The Bertz CT molecular complexity index is 741. The second-order valence-corrected chi connectivity index (χ2v) is 9.03. The first-order valence-electron chi connectivity index (χ1n) is 8.87. The highest BCUT2D eigenvalue weighted by molar-refractivity contribution is 7.92. The van der Waals surface area contributed by atoms with E-state index in [4.69, 9.17) is 4.74 Å². The largest absolute Gasteiger partial charge is 0.476 e. The van der Waals surface area contributed by atoms with Crippen molar-refractivity contribution in [1.82, 2.24) is 5.32 Å². The van der Waals surface area contributed by atoms with Gasteiger partial charge in [0.1, 0.15) is 5.75 Å². The molecule has 1 saturated carbocycles. The van der Waals surface area contributed by atoms with Crippen LogP contribution in [-0.4, -0.2) is 39.8 Å². The van der Waals surface area contributed by atoms with Crippen molar-refractivity contribution in [2.24, 2.45) is 5.92 Å². The molecule has 1 N–H and O–H groups in total. The second-order valence-electron chi connectivity index (χ2n) is 7.12. The summed E-state index contributed by atoms with van der Waals surface area (Å²) in [6.07, 6.45) is 6.32. The lowest BCUT2D eigenvalue weighted by Crippen LogP contribution is -2.51. The van der Waals surface area contributed by atoms with Crippen molar-refractivity contribution in [2.75, 3.05) is 23.7 Å². The molecule has 0 unspecified atom stereocenters. The van der Waals surface area contributed by atoms with Crippen LogP contribution in [0.3, 0.4) is 0 Å². The monoisotopic (exact) mass is 366 g/mol. The molecule has 0 radical (unpaired) electrons. The van der Waals surface area contributed by atoms with Crippen LogP contribution in [0.1, 0.15) is 37.7 Å². The molecule has 1 aliphatic carbocycles. The Morgan fingerprint density at radius 3 is 2.68 bits per heavy atom. The Kier molecular flexibility index (Phi) is 5.22. The summed E-state index contributed by atoms with van der Waals surface area (Å²) in [5.41, 5.74) is 1.44. The zero-order valence-electron chi connectivity index (χ0n) is 14.8. The van der Waals surface area contributed by atoms with Crippen LogP contribution in [0.2, 0.25) is 0 Å². The van der Waals surface area contributed by atoms with Crippen LogP contribution in [0.5, 0.6) is 5.75 Å². The van der Waals surface area contributed by atoms with Gasteiger partial charge in [0.25, 0.3) is 5.91 Å². The summed E-state index contributed by atoms with van der Waals surface area (Å²) < 4.78 is 31.4. The number of ether oxygens (including phenoxy) is 1. The van der Waals surface area contributed by atoms with Gasteiger partial charge < -0.3 is 10.1 Å². The summed E-state index contributed by atoms with van der Waals surface area (Å²) >= 11 is 0. The van der Waals surface area contributed by atoms with Crippen LogP contribution in [0.15, 0.2) is 18.2 Å². The predicted molar refractivity (Wildman–Crippen MR) is 97.4 cm³/mol. The number of nitrogens with zero attached hydrogens (tertiary/aromatic N) is 1. The molecule has 1 aromatic carbocycles. The lowest BCUT2D eigenvalue weighted by Gasteiger charge is -2.34. The average Bonchev–Trinajstić information content (AvgIpc) is 2.58. The Hall–Kier alpha value is -1.76. The van der Waals surface area contributed by atoms with Gasteiger partial charge in [-0.25, -0.2) is 8.42 Å². The van der Waals surface area contributed by atoms with E-state index in [2.05, 4.69) is 5.32 Å². The van der Waals surface area contributed by atoms with Gasteiger partial charge in [-0.2, -0.15) is 0 Å². The van der Waals surface area contributed by atoms with Crippen LogP contribution in [0, 0.1) is 12.8 Å². The number of aryl methyl sites for hydroxylation is 1. The van der Waals surface area contributed by atoms with Crippen molar-refractivity contribution < 1.29 is 17.9 Å². The van der Waals surface area contributed by atoms with Gasteiger partial charge in [0.05, 0.1) is 18.5 Å². The minimum Gasteiger partial charge on any atom is -0.476 e. The molecule has 1 aliphatic heterocycles. The predicted octanol–water partition coefficient (Wildman–Crippen LogP) is 2.22. The van der Waals surface area contributed by atoms with E-state index in [1.54, 1.807) is 12.1 Å². The third-order valence-electron chi connectivity index (χ3n) is 4.97. The van der Waals surface area contributed by atoms with E-state index in [0.717, 1.165) is 24.7 Å². The Morgan fingerprint density at radius 1 is 1.28 bits per heavy atom. The molecule has 1 heterocycles. The molecule has 0 spiro atoms. The number of hydrogen-bond donors (Lipinski definition) is 1. The molecule has 1 amide bonds. The van der Waals surface area contributed by atoms with Crippen LogP contribution in [0.4, 0.5) is 5.69 Å². The fourth-order valence-electron chi connectivity index (χ4n) is 3.56. The lowest BCUT2D eigenvalue weighted by atomic mass is 9.89. The number of carbonyl (C=O) groups excluding carboxylic acids is 1. The number of nitrogens with one attached hydrogen (secondary N) is 1. The SMILES string of the molecule is Cc1ccc2c(c1)O[C@@H](C(=O)NCC1CCCCC1)CN2S(C)(=O)=O. The van der Waals surface area contributed by atoms with Crippen molar-refractivity contribution >= 4 is 21.6 Å². The van der Waals surface area contributed by atoms with Gasteiger partial charge in [-0.1, -0.05) is 25.3 Å². The Balaban J connectivity index is 1.73. The van der Waals surface area contributed by atoms with E-state index in [1.165, 1.54) is 23.6 Å². The normalized spacial score (nSPS) is 21.4. The van der Waals surface area contributed by atoms with Gasteiger partial charge >= 0.3 is 0 Å². The highest BCUT2D eigenvalue weighted by atomic mass is 32.2. The second kappa shape index (κ2) is 7.23. The van der Waals surface area contributed by atoms with Crippen molar-refractivity contribution in [1.29, 1.82) is 0 Å². The minimum absolute atomic E-state index is 0.00535. The fraction of sp³-hybridized carbons (Fsp3) is 0.611. The molecule has 138 valence electrons. The molecule has 6 nitrogen and oxygen atoms in total. The first-order valence-corrected chi connectivity index (χ1v) is 10.7. The summed E-state index contributed by atoms with van der Waals surface area (Å²) in [5.74, 6) is 0.711. The molecule has 0 aromatic heterocycles. The van der Waals surface area contributed by atoms with Crippen molar-refractivity contribution in [3.05, 3.63) is 23.8 Å². The van der Waals surface area contributed by atoms with E-state index in [0.29, 0.717) is 23.9 Å². The van der Waals surface area contributed by atoms with Crippen molar-refractivity contribution in [2.45, 2.75) is 45.1 Å². The van der Waals surface area contributed by atoms with E-state index < -0.39 is 16.1 Å². The molecule has 0 bridgehead atoms. The van der Waals surface area contributed by atoms with Crippen LogP contribution in [-0.2, 0) is 14.8 Å². The third-order valence-corrected chi connectivity index (χ3v) is 6.11. The van der Waals surface area contributed by atoms with Crippen LogP contribution in [0.25, 0.3) is 0 Å². The molecule has 0 saturated heterocycles. The lowest BCUT2D eigenvalue weighted by molar-refractivity contribution is -0.128.